The van der Waals surface area contributed by atoms with E-state index in [2.05, 4.69) is 42.3 Å². The van der Waals surface area contributed by atoms with Gasteiger partial charge in [-0.15, -0.1) is 0 Å². The summed E-state index contributed by atoms with van der Waals surface area (Å²) in [6.45, 7) is 8.37. The van der Waals surface area contributed by atoms with E-state index in [1.54, 1.807) is 0 Å². The fourth-order valence-electron chi connectivity index (χ4n) is 2.93. The third kappa shape index (κ3) is 3.81. The summed E-state index contributed by atoms with van der Waals surface area (Å²) in [4.78, 5) is 4.73. The molecule has 5 nitrogen and oxygen atoms in total. The van der Waals surface area contributed by atoms with Crippen LogP contribution in [0.15, 0.2) is 11.2 Å². The zero-order valence-corrected chi connectivity index (χ0v) is 14.1. The van der Waals surface area contributed by atoms with E-state index in [4.69, 9.17) is 10.1 Å². The van der Waals surface area contributed by atoms with E-state index in [1.165, 1.54) is 24.1 Å². The molecule has 5 heteroatoms. The van der Waals surface area contributed by atoms with Crippen LogP contribution in [0.25, 0.3) is 0 Å². The molecule has 122 valence electrons. The van der Waals surface area contributed by atoms with Crippen LogP contribution >= 0.6 is 0 Å². The predicted octanol–water partition coefficient (Wildman–Crippen LogP) is 2.29. The molecule has 1 fully saturated rings. The zero-order valence-electron chi connectivity index (χ0n) is 14.1. The summed E-state index contributed by atoms with van der Waals surface area (Å²) in [6.07, 6.45) is 8.20. The van der Waals surface area contributed by atoms with Gasteiger partial charge in [0.1, 0.15) is 0 Å². The van der Waals surface area contributed by atoms with Crippen LogP contribution in [0.1, 0.15) is 57.3 Å². The second kappa shape index (κ2) is 6.71. The van der Waals surface area contributed by atoms with Crippen LogP contribution in [-0.2, 0) is 12.8 Å². The first kappa shape index (κ1) is 15.4. The number of hydrogen-bond acceptors (Lipinski definition) is 2. The second-order valence-corrected chi connectivity index (χ2v) is 6.92. The first-order chi connectivity index (χ1) is 10.7. The molecule has 0 radical (unpaired) electrons. The quantitative estimate of drug-likeness (QED) is 0.648. The van der Waals surface area contributed by atoms with E-state index < -0.39 is 0 Å². The van der Waals surface area contributed by atoms with Gasteiger partial charge in [-0.3, -0.25) is 9.67 Å². The van der Waals surface area contributed by atoms with Gasteiger partial charge in [-0.2, -0.15) is 5.10 Å². The Morgan fingerprint density at radius 3 is 2.91 bits per heavy atom. The van der Waals surface area contributed by atoms with Crippen LogP contribution in [0, 0.1) is 5.92 Å². The SMILES string of the molecule is CCNC(=NCC1CC1)NC1CCc2cn(C(C)C)nc2C1. The molecule has 2 N–H and O–H groups in total. The molecule has 0 aliphatic heterocycles. The van der Waals surface area contributed by atoms with E-state index in [1.807, 2.05) is 0 Å². The lowest BCUT2D eigenvalue weighted by Gasteiger charge is -2.24. The van der Waals surface area contributed by atoms with Crippen LogP contribution in [0.5, 0.6) is 0 Å². The number of fused-ring (bicyclic) bond motifs is 1. The lowest BCUT2D eigenvalue weighted by Crippen LogP contribution is -2.45. The Morgan fingerprint density at radius 1 is 1.41 bits per heavy atom. The highest BCUT2D eigenvalue weighted by Gasteiger charge is 2.24. The Balaban J connectivity index is 1.61. The molecule has 0 saturated heterocycles. The summed E-state index contributed by atoms with van der Waals surface area (Å²) < 4.78 is 2.10. The molecular weight excluding hydrogens is 274 g/mol. The molecule has 2 aliphatic rings. The van der Waals surface area contributed by atoms with Crippen LogP contribution in [0.3, 0.4) is 0 Å². The Hall–Kier alpha value is -1.52. The van der Waals surface area contributed by atoms with Gasteiger partial charge in [0.2, 0.25) is 0 Å². The summed E-state index contributed by atoms with van der Waals surface area (Å²) in [5, 5.41) is 11.7. The van der Waals surface area contributed by atoms with Crippen LogP contribution in [0.4, 0.5) is 0 Å². The normalized spacial score (nSPS) is 21.8. The van der Waals surface area contributed by atoms with Crippen molar-refractivity contribution in [1.29, 1.82) is 0 Å². The van der Waals surface area contributed by atoms with Crippen LogP contribution in [0.2, 0.25) is 0 Å². The molecule has 1 atom stereocenters. The van der Waals surface area contributed by atoms with Gasteiger partial charge in [0.05, 0.1) is 5.69 Å². The third-order valence-corrected chi connectivity index (χ3v) is 4.52. The number of aromatic nitrogens is 2. The molecule has 3 rings (SSSR count). The van der Waals surface area contributed by atoms with Crippen molar-refractivity contribution >= 4 is 5.96 Å². The average molecular weight is 303 g/mol. The Labute approximate surface area is 133 Å². The van der Waals surface area contributed by atoms with Crippen molar-refractivity contribution in [3.8, 4) is 0 Å². The van der Waals surface area contributed by atoms with Gasteiger partial charge in [-0.25, -0.2) is 0 Å². The van der Waals surface area contributed by atoms with Gasteiger partial charge in [-0.1, -0.05) is 0 Å². The predicted molar refractivity (Wildman–Crippen MR) is 90.3 cm³/mol. The second-order valence-electron chi connectivity index (χ2n) is 6.92. The molecule has 0 amide bonds. The van der Waals surface area contributed by atoms with Gasteiger partial charge in [0.25, 0.3) is 0 Å². The molecule has 0 bridgehead atoms. The highest BCUT2D eigenvalue weighted by Crippen LogP contribution is 2.28. The highest BCUT2D eigenvalue weighted by atomic mass is 15.3. The number of aryl methyl sites for hydroxylation is 1. The van der Waals surface area contributed by atoms with Crippen molar-refractivity contribution in [1.82, 2.24) is 20.4 Å². The summed E-state index contributed by atoms with van der Waals surface area (Å²) >= 11 is 0. The first-order valence-electron chi connectivity index (χ1n) is 8.77. The van der Waals surface area contributed by atoms with Crippen molar-refractivity contribution in [2.24, 2.45) is 10.9 Å². The van der Waals surface area contributed by atoms with E-state index in [0.717, 1.165) is 44.2 Å². The molecular formula is C17H29N5. The van der Waals surface area contributed by atoms with Gasteiger partial charge in [-0.05, 0) is 57.9 Å². The topological polar surface area (TPSA) is 54.2 Å². The minimum Gasteiger partial charge on any atom is -0.357 e. The standard InChI is InChI=1S/C17H29N5/c1-4-18-17(19-10-13-5-6-13)20-15-8-7-14-11-22(12(2)3)21-16(14)9-15/h11-13,15H,4-10H2,1-3H3,(H2,18,19,20). The van der Waals surface area contributed by atoms with Crippen LogP contribution in [-0.4, -0.2) is 34.9 Å². The third-order valence-electron chi connectivity index (χ3n) is 4.52. The average Bonchev–Trinajstić information content (AvgIpc) is 3.22. The van der Waals surface area contributed by atoms with Crippen molar-refractivity contribution in [3.05, 3.63) is 17.5 Å². The number of nitrogens with zero attached hydrogens (tertiary/aromatic N) is 3. The molecule has 1 aromatic rings. The zero-order chi connectivity index (χ0) is 15.5. The molecule has 1 heterocycles. The summed E-state index contributed by atoms with van der Waals surface area (Å²) in [5.41, 5.74) is 2.68. The molecule has 1 saturated carbocycles. The largest absolute Gasteiger partial charge is 0.357 e. The van der Waals surface area contributed by atoms with E-state index in [-0.39, 0.29) is 0 Å². The fourth-order valence-corrected chi connectivity index (χ4v) is 2.93. The summed E-state index contributed by atoms with van der Waals surface area (Å²) in [5.74, 6) is 1.81. The number of nitrogens with one attached hydrogen (secondary N) is 2. The van der Waals surface area contributed by atoms with Gasteiger partial charge < -0.3 is 10.6 Å². The summed E-state index contributed by atoms with van der Waals surface area (Å²) in [7, 11) is 0. The molecule has 0 spiro atoms. The number of guanidine groups is 1. The van der Waals surface area contributed by atoms with E-state index >= 15 is 0 Å². The number of aliphatic imine (C=N–C) groups is 1. The number of rotatable bonds is 5. The van der Waals surface area contributed by atoms with Crippen LogP contribution < -0.4 is 10.6 Å². The summed E-state index contributed by atoms with van der Waals surface area (Å²) in [6, 6.07) is 0.884. The lowest BCUT2D eigenvalue weighted by atomic mass is 9.94. The van der Waals surface area contributed by atoms with E-state index in [0.29, 0.717) is 12.1 Å². The van der Waals surface area contributed by atoms with E-state index in [9.17, 15) is 0 Å². The smallest absolute Gasteiger partial charge is 0.191 e. The molecule has 0 aromatic carbocycles. The number of hydrogen-bond donors (Lipinski definition) is 2. The molecule has 22 heavy (non-hydrogen) atoms. The monoisotopic (exact) mass is 303 g/mol. The van der Waals surface area contributed by atoms with Crippen molar-refractivity contribution in [3.63, 3.8) is 0 Å². The Kier molecular flexibility index (Phi) is 4.69. The van der Waals surface area contributed by atoms with Crippen molar-refractivity contribution < 1.29 is 0 Å². The van der Waals surface area contributed by atoms with Gasteiger partial charge in [0.15, 0.2) is 5.96 Å². The van der Waals surface area contributed by atoms with Gasteiger partial charge in [0, 0.05) is 37.8 Å². The maximum atomic E-state index is 4.75. The molecule has 2 aliphatic carbocycles. The van der Waals surface area contributed by atoms with Crippen molar-refractivity contribution in [2.75, 3.05) is 13.1 Å². The molecule has 1 aromatic heterocycles. The maximum absolute atomic E-state index is 4.75. The first-order valence-corrected chi connectivity index (χ1v) is 8.77. The van der Waals surface area contributed by atoms with Gasteiger partial charge >= 0.3 is 0 Å². The fraction of sp³-hybridized carbons (Fsp3) is 0.765. The minimum absolute atomic E-state index is 0.439. The Morgan fingerprint density at radius 2 is 2.23 bits per heavy atom. The minimum atomic E-state index is 0.439. The maximum Gasteiger partial charge on any atom is 0.191 e. The highest BCUT2D eigenvalue weighted by molar-refractivity contribution is 5.80. The molecule has 1 unspecified atom stereocenters. The lowest BCUT2D eigenvalue weighted by molar-refractivity contribution is 0.499. The van der Waals surface area contributed by atoms with Crippen molar-refractivity contribution in [2.45, 2.75) is 65.0 Å². The Bertz CT molecular complexity index is 527.